The van der Waals surface area contributed by atoms with Gasteiger partial charge in [0.1, 0.15) is 5.75 Å². The Bertz CT molecular complexity index is 731. The summed E-state index contributed by atoms with van der Waals surface area (Å²) in [6.07, 6.45) is 0. The Morgan fingerprint density at radius 1 is 0.857 bits per heavy atom. The highest BCUT2D eigenvalue weighted by Gasteiger charge is 2.38. The number of anilines is 1. The number of rotatable bonds is 11. The first-order chi connectivity index (χ1) is 13.3. The highest BCUT2D eigenvalue weighted by molar-refractivity contribution is 7.54. The van der Waals surface area contributed by atoms with Crippen LogP contribution in [0, 0.1) is 11.8 Å². The number of hydrogen-bond donors (Lipinski definition) is 1. The van der Waals surface area contributed by atoms with Gasteiger partial charge in [-0.25, -0.2) is 0 Å². The maximum Gasteiger partial charge on any atom is 0.357 e. The lowest BCUT2D eigenvalue weighted by Gasteiger charge is -2.30. The SMILES string of the molecule is COc1ccc(C(Nc2ccccc2)P(=O)(OCC(C)C)OCC(C)C)cc1. The van der Waals surface area contributed by atoms with Crippen LogP contribution in [0.2, 0.25) is 0 Å². The van der Waals surface area contributed by atoms with E-state index in [1.807, 2.05) is 82.3 Å². The molecule has 1 N–H and O–H groups in total. The average molecular weight is 405 g/mol. The monoisotopic (exact) mass is 405 g/mol. The summed E-state index contributed by atoms with van der Waals surface area (Å²) in [6.45, 7) is 8.83. The van der Waals surface area contributed by atoms with Crippen molar-refractivity contribution in [3.8, 4) is 5.75 Å². The fourth-order valence-corrected chi connectivity index (χ4v) is 4.74. The first-order valence-corrected chi connectivity index (χ1v) is 11.3. The van der Waals surface area contributed by atoms with Crippen LogP contribution in [-0.4, -0.2) is 20.3 Å². The van der Waals surface area contributed by atoms with Crippen LogP contribution >= 0.6 is 7.60 Å². The summed E-state index contributed by atoms with van der Waals surface area (Å²) in [5.41, 5.74) is 1.67. The van der Waals surface area contributed by atoms with E-state index < -0.39 is 13.4 Å². The largest absolute Gasteiger partial charge is 0.497 e. The van der Waals surface area contributed by atoms with Gasteiger partial charge in [0.05, 0.1) is 20.3 Å². The number of para-hydroxylation sites is 1. The van der Waals surface area contributed by atoms with E-state index in [1.165, 1.54) is 0 Å². The molecule has 0 spiro atoms. The predicted octanol–water partition coefficient (Wildman–Crippen LogP) is 6.34. The van der Waals surface area contributed by atoms with E-state index in [2.05, 4.69) is 5.32 Å². The second-order valence-corrected chi connectivity index (χ2v) is 9.72. The molecule has 0 saturated heterocycles. The van der Waals surface area contributed by atoms with Crippen LogP contribution in [0.4, 0.5) is 5.69 Å². The molecule has 0 aliphatic rings. The Morgan fingerprint density at radius 3 is 1.86 bits per heavy atom. The number of benzene rings is 2. The third-order valence-corrected chi connectivity index (χ3v) is 6.08. The molecule has 2 rings (SSSR count). The molecule has 0 radical (unpaired) electrons. The van der Waals surface area contributed by atoms with Crippen LogP contribution in [0.15, 0.2) is 54.6 Å². The van der Waals surface area contributed by atoms with Gasteiger partial charge < -0.3 is 19.1 Å². The molecule has 1 atom stereocenters. The molecule has 0 amide bonds. The molecule has 0 saturated carbocycles. The number of methoxy groups -OCH3 is 1. The van der Waals surface area contributed by atoms with Gasteiger partial charge in [-0.05, 0) is 41.7 Å². The molecule has 154 valence electrons. The zero-order chi connectivity index (χ0) is 20.6. The van der Waals surface area contributed by atoms with Crippen molar-refractivity contribution >= 4 is 13.3 Å². The van der Waals surface area contributed by atoms with Gasteiger partial charge in [-0.1, -0.05) is 58.0 Å². The van der Waals surface area contributed by atoms with Gasteiger partial charge in [-0.15, -0.1) is 0 Å². The van der Waals surface area contributed by atoms with E-state index in [-0.39, 0.29) is 11.8 Å². The zero-order valence-corrected chi connectivity index (χ0v) is 18.3. The standard InChI is InChI=1S/C22H32NO4P/c1-17(2)15-26-28(24,27-16-18(3)4)22(23-20-9-7-6-8-10-20)19-11-13-21(25-5)14-12-19/h6-14,17-18,22-23H,15-16H2,1-5H3. The zero-order valence-electron chi connectivity index (χ0n) is 17.4. The summed E-state index contributed by atoms with van der Waals surface area (Å²) in [6, 6.07) is 17.2. The molecule has 6 heteroatoms. The molecule has 0 aliphatic heterocycles. The van der Waals surface area contributed by atoms with Crippen LogP contribution in [0.5, 0.6) is 5.75 Å². The van der Waals surface area contributed by atoms with Crippen molar-refractivity contribution in [2.45, 2.75) is 33.5 Å². The van der Waals surface area contributed by atoms with Crippen molar-refractivity contribution in [2.75, 3.05) is 25.6 Å². The van der Waals surface area contributed by atoms with Crippen molar-refractivity contribution in [1.82, 2.24) is 0 Å². The smallest absolute Gasteiger partial charge is 0.357 e. The quantitative estimate of drug-likeness (QED) is 0.442. The van der Waals surface area contributed by atoms with Crippen molar-refractivity contribution in [2.24, 2.45) is 11.8 Å². The van der Waals surface area contributed by atoms with Crippen molar-refractivity contribution in [3.05, 3.63) is 60.2 Å². The van der Waals surface area contributed by atoms with E-state index in [1.54, 1.807) is 7.11 Å². The van der Waals surface area contributed by atoms with Crippen molar-refractivity contribution < 1.29 is 18.3 Å². The van der Waals surface area contributed by atoms with E-state index in [4.69, 9.17) is 13.8 Å². The van der Waals surface area contributed by atoms with Gasteiger partial charge in [0.25, 0.3) is 0 Å². The van der Waals surface area contributed by atoms with Crippen LogP contribution in [-0.2, 0) is 13.6 Å². The van der Waals surface area contributed by atoms with Crippen molar-refractivity contribution in [3.63, 3.8) is 0 Å². The molecule has 2 aromatic carbocycles. The van der Waals surface area contributed by atoms with Gasteiger partial charge in [-0.3, -0.25) is 4.57 Å². The molecule has 0 heterocycles. The van der Waals surface area contributed by atoms with Gasteiger partial charge in [-0.2, -0.15) is 0 Å². The lowest BCUT2D eigenvalue weighted by atomic mass is 10.2. The molecule has 0 aliphatic carbocycles. The van der Waals surface area contributed by atoms with Gasteiger partial charge in [0.15, 0.2) is 5.78 Å². The summed E-state index contributed by atoms with van der Waals surface area (Å²) >= 11 is 0. The van der Waals surface area contributed by atoms with E-state index in [0.29, 0.717) is 13.2 Å². The van der Waals surface area contributed by atoms with Crippen LogP contribution in [0.1, 0.15) is 39.0 Å². The fourth-order valence-electron chi connectivity index (χ4n) is 2.52. The Labute approximate surface area is 168 Å². The second-order valence-electron chi connectivity index (χ2n) is 7.61. The molecular formula is C22H32NO4P. The lowest BCUT2D eigenvalue weighted by Crippen LogP contribution is -2.18. The Kier molecular flexibility index (Phi) is 8.56. The molecule has 5 nitrogen and oxygen atoms in total. The van der Waals surface area contributed by atoms with Gasteiger partial charge in [0.2, 0.25) is 0 Å². The predicted molar refractivity (Wildman–Crippen MR) is 115 cm³/mol. The normalized spacial score (nSPS) is 13.0. The van der Waals surface area contributed by atoms with E-state index >= 15 is 0 Å². The second kappa shape index (κ2) is 10.7. The topological polar surface area (TPSA) is 56.8 Å². The molecule has 28 heavy (non-hydrogen) atoms. The highest BCUT2D eigenvalue weighted by Crippen LogP contribution is 2.61. The van der Waals surface area contributed by atoms with Crippen LogP contribution in [0.25, 0.3) is 0 Å². The van der Waals surface area contributed by atoms with Crippen LogP contribution in [0.3, 0.4) is 0 Å². The minimum absolute atomic E-state index is 0.240. The summed E-state index contributed by atoms with van der Waals surface area (Å²) in [5, 5.41) is 3.37. The first-order valence-electron chi connectivity index (χ1n) is 9.68. The maximum absolute atomic E-state index is 13.9. The molecule has 0 bridgehead atoms. The van der Waals surface area contributed by atoms with Gasteiger partial charge >= 0.3 is 7.60 Å². The first kappa shape index (κ1) is 22.5. The van der Waals surface area contributed by atoms with E-state index in [9.17, 15) is 4.57 Å². The minimum atomic E-state index is -3.50. The van der Waals surface area contributed by atoms with Gasteiger partial charge in [0, 0.05) is 5.69 Å². The maximum atomic E-state index is 13.9. The summed E-state index contributed by atoms with van der Waals surface area (Å²) in [5.74, 6) is 0.593. The summed E-state index contributed by atoms with van der Waals surface area (Å²) < 4.78 is 31.1. The minimum Gasteiger partial charge on any atom is -0.497 e. The molecule has 1 unspecified atom stereocenters. The molecule has 0 fully saturated rings. The van der Waals surface area contributed by atoms with E-state index in [0.717, 1.165) is 17.0 Å². The Morgan fingerprint density at radius 2 is 1.39 bits per heavy atom. The fraction of sp³-hybridized carbons (Fsp3) is 0.455. The summed E-state index contributed by atoms with van der Waals surface area (Å²) in [4.78, 5) is 0. The molecule has 2 aromatic rings. The number of nitrogens with one attached hydrogen (secondary N) is 1. The third kappa shape index (κ3) is 6.66. The molecule has 0 aromatic heterocycles. The van der Waals surface area contributed by atoms with Crippen molar-refractivity contribution in [1.29, 1.82) is 0 Å². The molecular weight excluding hydrogens is 373 g/mol. The number of hydrogen-bond acceptors (Lipinski definition) is 5. The third-order valence-electron chi connectivity index (χ3n) is 4.00. The lowest BCUT2D eigenvalue weighted by molar-refractivity contribution is 0.168. The average Bonchev–Trinajstić information content (AvgIpc) is 2.70. The summed E-state index contributed by atoms with van der Waals surface area (Å²) in [7, 11) is -1.88. The number of ether oxygens (including phenoxy) is 1. The highest BCUT2D eigenvalue weighted by atomic mass is 31.2. The van der Waals surface area contributed by atoms with Crippen LogP contribution < -0.4 is 10.1 Å². The Balaban J connectivity index is 2.41. The Hall–Kier alpha value is -1.81.